The molecule has 0 aromatic heterocycles. The zero-order valence-electron chi connectivity index (χ0n) is 10.6. The van der Waals surface area contributed by atoms with Gasteiger partial charge in [0.1, 0.15) is 0 Å². The smallest absolute Gasteiger partial charge is 0.0696 e. The van der Waals surface area contributed by atoms with E-state index in [2.05, 4.69) is 18.7 Å². The van der Waals surface area contributed by atoms with Gasteiger partial charge in [-0.25, -0.2) is 0 Å². The summed E-state index contributed by atoms with van der Waals surface area (Å²) in [6.45, 7) is 5.73. The van der Waals surface area contributed by atoms with Crippen molar-refractivity contribution < 1.29 is 9.84 Å². The van der Waals surface area contributed by atoms with Crippen LogP contribution < -0.4 is 4.90 Å². The Morgan fingerprint density at radius 1 is 1.41 bits per heavy atom. The number of anilines is 1. The number of benzene rings is 1. The molecule has 0 spiro atoms. The third-order valence-electron chi connectivity index (χ3n) is 2.70. The maximum Gasteiger partial charge on any atom is 0.0696 e. The maximum absolute atomic E-state index is 9.08. The Bertz CT molecular complexity index is 355. The van der Waals surface area contributed by atoms with E-state index in [4.69, 9.17) is 21.4 Å². The molecule has 0 aliphatic heterocycles. The molecule has 0 bridgehead atoms. The van der Waals surface area contributed by atoms with Gasteiger partial charge in [0, 0.05) is 30.4 Å². The van der Waals surface area contributed by atoms with Crippen LogP contribution in [0.4, 0.5) is 5.69 Å². The van der Waals surface area contributed by atoms with E-state index in [1.165, 1.54) is 0 Å². The van der Waals surface area contributed by atoms with Gasteiger partial charge in [0.25, 0.3) is 0 Å². The monoisotopic (exact) mass is 257 g/mol. The SMILES string of the molecule is COCCN(c1ccc(CO)c(Cl)c1)C(C)C. The molecule has 4 heteroatoms. The molecule has 1 aromatic rings. The molecular formula is C13H20ClNO2. The fourth-order valence-electron chi connectivity index (χ4n) is 1.72. The van der Waals surface area contributed by atoms with E-state index in [1.54, 1.807) is 7.11 Å². The van der Waals surface area contributed by atoms with E-state index >= 15 is 0 Å². The lowest BCUT2D eigenvalue weighted by Crippen LogP contribution is -2.33. The Kier molecular flexibility index (Phi) is 5.75. The zero-order chi connectivity index (χ0) is 12.8. The quantitative estimate of drug-likeness (QED) is 0.851. The van der Waals surface area contributed by atoms with E-state index in [-0.39, 0.29) is 6.61 Å². The molecule has 1 rings (SSSR count). The number of ether oxygens (including phenoxy) is 1. The van der Waals surface area contributed by atoms with Gasteiger partial charge in [-0.15, -0.1) is 0 Å². The molecule has 0 unspecified atom stereocenters. The van der Waals surface area contributed by atoms with E-state index in [0.717, 1.165) is 17.8 Å². The van der Waals surface area contributed by atoms with Gasteiger partial charge in [-0.1, -0.05) is 17.7 Å². The summed E-state index contributed by atoms with van der Waals surface area (Å²) in [5.74, 6) is 0. The van der Waals surface area contributed by atoms with Gasteiger partial charge in [0.2, 0.25) is 0 Å². The minimum absolute atomic E-state index is 0.0289. The molecule has 1 N–H and O–H groups in total. The number of rotatable bonds is 6. The van der Waals surface area contributed by atoms with Crippen LogP contribution in [-0.4, -0.2) is 31.4 Å². The van der Waals surface area contributed by atoms with Crippen molar-refractivity contribution in [2.45, 2.75) is 26.5 Å². The number of nitrogens with zero attached hydrogens (tertiary/aromatic N) is 1. The maximum atomic E-state index is 9.08. The Balaban J connectivity index is 2.90. The molecule has 96 valence electrons. The van der Waals surface area contributed by atoms with E-state index in [1.807, 2.05) is 18.2 Å². The highest BCUT2D eigenvalue weighted by Gasteiger charge is 2.11. The normalized spacial score (nSPS) is 10.9. The van der Waals surface area contributed by atoms with Gasteiger partial charge in [-0.3, -0.25) is 0 Å². The van der Waals surface area contributed by atoms with Gasteiger partial charge >= 0.3 is 0 Å². The van der Waals surface area contributed by atoms with Crippen molar-refractivity contribution >= 4 is 17.3 Å². The topological polar surface area (TPSA) is 32.7 Å². The molecule has 3 nitrogen and oxygen atoms in total. The van der Waals surface area contributed by atoms with E-state index in [0.29, 0.717) is 17.7 Å². The number of hydrogen-bond donors (Lipinski definition) is 1. The van der Waals surface area contributed by atoms with Crippen molar-refractivity contribution in [1.82, 2.24) is 0 Å². The molecule has 0 fully saturated rings. The van der Waals surface area contributed by atoms with Crippen molar-refractivity contribution in [3.8, 4) is 0 Å². The predicted molar refractivity (Wildman–Crippen MR) is 71.7 cm³/mol. The minimum Gasteiger partial charge on any atom is -0.392 e. The summed E-state index contributed by atoms with van der Waals surface area (Å²) < 4.78 is 5.10. The van der Waals surface area contributed by atoms with Crippen LogP contribution in [0.3, 0.4) is 0 Å². The number of aliphatic hydroxyl groups excluding tert-OH is 1. The number of aliphatic hydroxyl groups is 1. The van der Waals surface area contributed by atoms with Crippen LogP contribution in [-0.2, 0) is 11.3 Å². The van der Waals surface area contributed by atoms with Crippen LogP contribution in [0.5, 0.6) is 0 Å². The average Bonchev–Trinajstić information content (AvgIpc) is 2.29. The zero-order valence-corrected chi connectivity index (χ0v) is 11.4. The van der Waals surface area contributed by atoms with Crippen molar-refractivity contribution in [3.05, 3.63) is 28.8 Å². The van der Waals surface area contributed by atoms with Crippen LogP contribution in [0.1, 0.15) is 19.4 Å². The van der Waals surface area contributed by atoms with Gasteiger partial charge in [0.15, 0.2) is 0 Å². The molecule has 0 aliphatic rings. The lowest BCUT2D eigenvalue weighted by Gasteiger charge is -2.29. The Morgan fingerprint density at radius 2 is 2.12 bits per heavy atom. The second-order valence-corrected chi connectivity index (χ2v) is 4.62. The summed E-state index contributed by atoms with van der Waals surface area (Å²) in [6.07, 6.45) is 0. The molecular weight excluding hydrogens is 238 g/mol. The highest BCUT2D eigenvalue weighted by molar-refractivity contribution is 6.31. The van der Waals surface area contributed by atoms with Gasteiger partial charge < -0.3 is 14.7 Å². The van der Waals surface area contributed by atoms with Gasteiger partial charge in [0.05, 0.1) is 13.2 Å². The first kappa shape index (κ1) is 14.3. The summed E-state index contributed by atoms with van der Waals surface area (Å²) in [5.41, 5.74) is 1.81. The minimum atomic E-state index is -0.0289. The summed E-state index contributed by atoms with van der Waals surface area (Å²) in [6, 6.07) is 6.11. The highest BCUT2D eigenvalue weighted by atomic mass is 35.5. The van der Waals surface area contributed by atoms with Crippen LogP contribution >= 0.6 is 11.6 Å². The van der Waals surface area contributed by atoms with Crippen molar-refractivity contribution in [3.63, 3.8) is 0 Å². The molecule has 1 aromatic carbocycles. The first-order chi connectivity index (χ1) is 8.10. The third-order valence-corrected chi connectivity index (χ3v) is 3.05. The van der Waals surface area contributed by atoms with Gasteiger partial charge in [-0.05, 0) is 31.5 Å². The fourth-order valence-corrected chi connectivity index (χ4v) is 1.95. The second kappa shape index (κ2) is 6.84. The van der Waals surface area contributed by atoms with Crippen LogP contribution in [0, 0.1) is 0 Å². The first-order valence-corrected chi connectivity index (χ1v) is 6.12. The highest BCUT2D eigenvalue weighted by Crippen LogP contribution is 2.25. The van der Waals surface area contributed by atoms with Gasteiger partial charge in [-0.2, -0.15) is 0 Å². The lowest BCUT2D eigenvalue weighted by molar-refractivity contribution is 0.204. The summed E-state index contributed by atoms with van der Waals surface area (Å²) in [5, 5.41) is 9.69. The first-order valence-electron chi connectivity index (χ1n) is 5.75. The third kappa shape index (κ3) is 3.87. The molecule has 0 atom stereocenters. The molecule has 0 saturated heterocycles. The molecule has 0 radical (unpaired) electrons. The second-order valence-electron chi connectivity index (χ2n) is 4.21. The molecule has 0 amide bonds. The Labute approximate surface area is 108 Å². The Hall–Kier alpha value is -0.770. The van der Waals surface area contributed by atoms with Crippen LogP contribution in [0.2, 0.25) is 5.02 Å². The largest absolute Gasteiger partial charge is 0.392 e. The predicted octanol–water partition coefficient (Wildman–Crippen LogP) is 2.69. The molecule has 0 saturated carbocycles. The molecule has 0 heterocycles. The Morgan fingerprint density at radius 3 is 2.59 bits per heavy atom. The van der Waals surface area contributed by atoms with Crippen molar-refractivity contribution in [2.75, 3.05) is 25.2 Å². The van der Waals surface area contributed by atoms with Crippen LogP contribution in [0.15, 0.2) is 18.2 Å². The van der Waals surface area contributed by atoms with Crippen molar-refractivity contribution in [1.29, 1.82) is 0 Å². The number of methoxy groups -OCH3 is 1. The van der Waals surface area contributed by atoms with Crippen molar-refractivity contribution in [2.24, 2.45) is 0 Å². The number of hydrogen-bond acceptors (Lipinski definition) is 3. The molecule has 0 aliphatic carbocycles. The van der Waals surface area contributed by atoms with E-state index < -0.39 is 0 Å². The molecule has 17 heavy (non-hydrogen) atoms. The fraction of sp³-hybridized carbons (Fsp3) is 0.538. The summed E-state index contributed by atoms with van der Waals surface area (Å²) in [4.78, 5) is 2.22. The number of halogens is 1. The lowest BCUT2D eigenvalue weighted by atomic mass is 10.2. The van der Waals surface area contributed by atoms with Crippen LogP contribution in [0.25, 0.3) is 0 Å². The summed E-state index contributed by atoms with van der Waals surface area (Å²) in [7, 11) is 1.69. The van der Waals surface area contributed by atoms with E-state index in [9.17, 15) is 0 Å². The summed E-state index contributed by atoms with van der Waals surface area (Å²) >= 11 is 6.09. The average molecular weight is 258 g/mol. The standard InChI is InChI=1S/C13H20ClNO2/c1-10(2)15(6-7-17-3)12-5-4-11(9-16)13(14)8-12/h4-5,8,10,16H,6-7,9H2,1-3H3.